The SMILES string of the molecule is CCCn1ccnc1CNc1ccc(N(CC)CC)nc1. The first-order valence-electron chi connectivity index (χ1n) is 7.73. The van der Waals surface area contributed by atoms with Crippen molar-refractivity contribution in [3.63, 3.8) is 0 Å². The number of anilines is 2. The molecule has 2 rings (SSSR count). The Morgan fingerprint density at radius 2 is 1.95 bits per heavy atom. The molecule has 0 atom stereocenters. The van der Waals surface area contributed by atoms with Gasteiger partial charge in [0.1, 0.15) is 11.6 Å². The second-order valence-corrected chi connectivity index (χ2v) is 4.97. The van der Waals surface area contributed by atoms with Gasteiger partial charge in [0.15, 0.2) is 0 Å². The largest absolute Gasteiger partial charge is 0.377 e. The fraction of sp³-hybridized carbons (Fsp3) is 0.500. The lowest BCUT2D eigenvalue weighted by molar-refractivity contribution is 0.644. The minimum absolute atomic E-state index is 0.722. The smallest absolute Gasteiger partial charge is 0.128 e. The van der Waals surface area contributed by atoms with E-state index in [1.54, 1.807) is 0 Å². The quantitative estimate of drug-likeness (QED) is 0.810. The van der Waals surface area contributed by atoms with Gasteiger partial charge in [-0.25, -0.2) is 9.97 Å². The van der Waals surface area contributed by atoms with Crippen LogP contribution in [0.3, 0.4) is 0 Å². The van der Waals surface area contributed by atoms with Gasteiger partial charge < -0.3 is 14.8 Å². The highest BCUT2D eigenvalue weighted by Gasteiger charge is 2.04. The number of pyridine rings is 1. The molecule has 0 saturated carbocycles. The molecule has 0 aliphatic carbocycles. The number of nitrogens with one attached hydrogen (secondary N) is 1. The molecule has 114 valence electrons. The molecule has 5 nitrogen and oxygen atoms in total. The third-order valence-electron chi connectivity index (χ3n) is 3.55. The molecule has 1 N–H and O–H groups in total. The minimum atomic E-state index is 0.722. The number of aryl methyl sites for hydroxylation is 1. The Morgan fingerprint density at radius 1 is 1.14 bits per heavy atom. The Hall–Kier alpha value is -2.04. The van der Waals surface area contributed by atoms with Crippen molar-refractivity contribution in [2.24, 2.45) is 0 Å². The summed E-state index contributed by atoms with van der Waals surface area (Å²) in [6.45, 7) is 10.1. The summed E-state index contributed by atoms with van der Waals surface area (Å²) in [4.78, 5) is 11.1. The number of hydrogen-bond acceptors (Lipinski definition) is 4. The van der Waals surface area contributed by atoms with Crippen molar-refractivity contribution in [2.45, 2.75) is 40.3 Å². The molecule has 0 bridgehead atoms. The van der Waals surface area contributed by atoms with E-state index >= 15 is 0 Å². The molecule has 0 amide bonds. The van der Waals surface area contributed by atoms with Crippen molar-refractivity contribution in [1.29, 1.82) is 0 Å². The van der Waals surface area contributed by atoms with E-state index in [0.717, 1.165) is 49.9 Å². The summed E-state index contributed by atoms with van der Waals surface area (Å²) in [5.74, 6) is 2.09. The van der Waals surface area contributed by atoms with Crippen molar-refractivity contribution in [2.75, 3.05) is 23.3 Å². The van der Waals surface area contributed by atoms with Crippen LogP contribution in [0.25, 0.3) is 0 Å². The van der Waals surface area contributed by atoms with Crippen LogP contribution in [0.2, 0.25) is 0 Å². The zero-order valence-electron chi connectivity index (χ0n) is 13.2. The lowest BCUT2D eigenvalue weighted by atomic mass is 10.3. The first-order valence-corrected chi connectivity index (χ1v) is 7.73. The van der Waals surface area contributed by atoms with Gasteiger partial charge in [0.2, 0.25) is 0 Å². The van der Waals surface area contributed by atoms with Crippen LogP contribution < -0.4 is 10.2 Å². The Labute approximate surface area is 127 Å². The number of nitrogens with zero attached hydrogens (tertiary/aromatic N) is 4. The van der Waals surface area contributed by atoms with Crippen molar-refractivity contribution in [3.8, 4) is 0 Å². The number of aromatic nitrogens is 3. The van der Waals surface area contributed by atoms with E-state index in [9.17, 15) is 0 Å². The summed E-state index contributed by atoms with van der Waals surface area (Å²) >= 11 is 0. The summed E-state index contributed by atoms with van der Waals surface area (Å²) in [6, 6.07) is 4.14. The van der Waals surface area contributed by atoms with E-state index in [1.165, 1.54) is 0 Å². The van der Waals surface area contributed by atoms with E-state index in [4.69, 9.17) is 0 Å². The maximum atomic E-state index is 4.52. The third kappa shape index (κ3) is 3.97. The Kier molecular flexibility index (Phi) is 5.60. The van der Waals surface area contributed by atoms with Gasteiger partial charge in [0.05, 0.1) is 18.4 Å². The molecule has 0 spiro atoms. The molecule has 0 aliphatic heterocycles. The first kappa shape index (κ1) is 15.4. The van der Waals surface area contributed by atoms with Crippen molar-refractivity contribution in [3.05, 3.63) is 36.5 Å². The third-order valence-corrected chi connectivity index (χ3v) is 3.55. The van der Waals surface area contributed by atoms with Crippen LogP contribution in [0.4, 0.5) is 11.5 Å². The van der Waals surface area contributed by atoms with E-state index in [0.29, 0.717) is 0 Å². The monoisotopic (exact) mass is 287 g/mol. The molecule has 0 unspecified atom stereocenters. The summed E-state index contributed by atoms with van der Waals surface area (Å²) in [6.07, 6.45) is 6.89. The van der Waals surface area contributed by atoms with Gasteiger partial charge in [-0.05, 0) is 32.4 Å². The molecule has 5 heteroatoms. The molecule has 0 aliphatic rings. The lowest BCUT2D eigenvalue weighted by Crippen LogP contribution is -2.22. The van der Waals surface area contributed by atoms with E-state index in [-0.39, 0.29) is 0 Å². The zero-order chi connectivity index (χ0) is 15.1. The van der Waals surface area contributed by atoms with E-state index in [2.05, 4.69) is 57.7 Å². The number of rotatable bonds is 8. The first-order chi connectivity index (χ1) is 10.3. The van der Waals surface area contributed by atoms with Crippen LogP contribution in [0, 0.1) is 0 Å². The predicted octanol–water partition coefficient (Wildman–Crippen LogP) is 3.15. The zero-order valence-corrected chi connectivity index (χ0v) is 13.2. The average molecular weight is 287 g/mol. The second kappa shape index (κ2) is 7.67. The Bertz CT molecular complexity index is 528. The van der Waals surface area contributed by atoms with Crippen LogP contribution in [-0.2, 0) is 13.1 Å². The highest BCUT2D eigenvalue weighted by Crippen LogP contribution is 2.14. The molecular weight excluding hydrogens is 262 g/mol. The molecule has 2 aromatic heterocycles. The summed E-state index contributed by atoms with van der Waals surface area (Å²) in [7, 11) is 0. The summed E-state index contributed by atoms with van der Waals surface area (Å²) in [5.41, 5.74) is 1.02. The normalized spacial score (nSPS) is 10.6. The van der Waals surface area contributed by atoms with Gasteiger partial charge in [-0.15, -0.1) is 0 Å². The second-order valence-electron chi connectivity index (χ2n) is 4.97. The minimum Gasteiger partial charge on any atom is -0.377 e. The number of hydrogen-bond donors (Lipinski definition) is 1. The molecule has 2 heterocycles. The van der Waals surface area contributed by atoms with Gasteiger partial charge in [-0.3, -0.25) is 0 Å². The molecule has 21 heavy (non-hydrogen) atoms. The van der Waals surface area contributed by atoms with Crippen molar-refractivity contribution >= 4 is 11.5 Å². The Balaban J connectivity index is 1.96. The summed E-state index contributed by atoms with van der Waals surface area (Å²) < 4.78 is 2.19. The fourth-order valence-corrected chi connectivity index (χ4v) is 2.36. The van der Waals surface area contributed by atoms with E-state index in [1.807, 2.05) is 18.6 Å². The average Bonchev–Trinajstić information content (AvgIpc) is 2.95. The number of imidazole rings is 1. The lowest BCUT2D eigenvalue weighted by Gasteiger charge is -2.19. The molecule has 0 aromatic carbocycles. The van der Waals surface area contributed by atoms with Crippen LogP contribution in [0.5, 0.6) is 0 Å². The van der Waals surface area contributed by atoms with E-state index < -0.39 is 0 Å². The Morgan fingerprint density at radius 3 is 2.57 bits per heavy atom. The van der Waals surface area contributed by atoms with Crippen LogP contribution in [0.1, 0.15) is 33.0 Å². The molecule has 0 saturated heterocycles. The van der Waals surface area contributed by atoms with Crippen LogP contribution in [0.15, 0.2) is 30.7 Å². The van der Waals surface area contributed by atoms with Crippen molar-refractivity contribution in [1.82, 2.24) is 14.5 Å². The van der Waals surface area contributed by atoms with Gasteiger partial charge >= 0.3 is 0 Å². The predicted molar refractivity (Wildman–Crippen MR) is 87.6 cm³/mol. The highest BCUT2D eigenvalue weighted by atomic mass is 15.2. The molecular formula is C16H25N5. The maximum absolute atomic E-state index is 4.52. The van der Waals surface area contributed by atoms with Crippen LogP contribution in [-0.4, -0.2) is 27.6 Å². The highest BCUT2D eigenvalue weighted by molar-refractivity contribution is 5.48. The van der Waals surface area contributed by atoms with Gasteiger partial charge in [0, 0.05) is 32.0 Å². The molecule has 0 radical (unpaired) electrons. The maximum Gasteiger partial charge on any atom is 0.128 e. The van der Waals surface area contributed by atoms with Gasteiger partial charge in [-0.2, -0.15) is 0 Å². The molecule has 0 fully saturated rings. The fourth-order valence-electron chi connectivity index (χ4n) is 2.36. The summed E-state index contributed by atoms with van der Waals surface area (Å²) in [5, 5.41) is 3.38. The van der Waals surface area contributed by atoms with Gasteiger partial charge in [0.25, 0.3) is 0 Å². The standard InChI is InChI=1S/C16H25N5/c1-4-10-21-11-9-17-16(21)13-18-14-7-8-15(19-12-14)20(5-2)6-3/h7-9,11-12,18H,4-6,10,13H2,1-3H3. The van der Waals surface area contributed by atoms with Crippen molar-refractivity contribution < 1.29 is 0 Å². The molecule has 2 aromatic rings. The van der Waals surface area contributed by atoms with Gasteiger partial charge in [-0.1, -0.05) is 6.92 Å². The van der Waals surface area contributed by atoms with Crippen LogP contribution >= 0.6 is 0 Å². The topological polar surface area (TPSA) is 46.0 Å².